The number of benzene rings is 1. The number of nitrogens with one attached hydrogen (secondary N) is 2. The van der Waals surface area contributed by atoms with Crippen LogP contribution in [0, 0.1) is 11.8 Å². The van der Waals surface area contributed by atoms with E-state index in [9.17, 15) is 9.59 Å². The van der Waals surface area contributed by atoms with E-state index in [0.29, 0.717) is 70.7 Å². The third-order valence-electron chi connectivity index (χ3n) is 7.38. The quantitative estimate of drug-likeness (QED) is 0.524. The minimum atomic E-state index is -0.222. The Labute approximate surface area is 207 Å². The van der Waals surface area contributed by atoms with Gasteiger partial charge in [0, 0.05) is 31.2 Å². The van der Waals surface area contributed by atoms with Gasteiger partial charge < -0.3 is 29.4 Å². The zero-order valence-electron chi connectivity index (χ0n) is 19.8. The minimum Gasteiger partial charge on any atom is -0.492 e. The zero-order valence-corrected chi connectivity index (χ0v) is 19.8. The van der Waals surface area contributed by atoms with Crippen molar-refractivity contribution in [3.63, 3.8) is 0 Å². The number of aromatic amines is 1. The number of H-pyrrole nitrogens is 1. The molecule has 3 fully saturated rings. The molecule has 2 saturated carbocycles. The molecule has 4 heterocycles. The van der Waals surface area contributed by atoms with Gasteiger partial charge in [-0.15, -0.1) is 0 Å². The first kappa shape index (κ1) is 21.5. The van der Waals surface area contributed by atoms with E-state index in [-0.39, 0.29) is 30.6 Å². The molecule has 2 aliphatic heterocycles. The van der Waals surface area contributed by atoms with E-state index >= 15 is 0 Å². The summed E-state index contributed by atoms with van der Waals surface area (Å²) >= 11 is 0. The van der Waals surface area contributed by atoms with E-state index in [4.69, 9.17) is 14.2 Å². The molecule has 36 heavy (non-hydrogen) atoms. The van der Waals surface area contributed by atoms with E-state index in [1.54, 1.807) is 6.20 Å². The van der Waals surface area contributed by atoms with Crippen molar-refractivity contribution >= 4 is 22.8 Å². The van der Waals surface area contributed by atoms with Crippen molar-refractivity contribution in [3.05, 3.63) is 30.2 Å². The SMILES string of the molecule is O=C(N[C@H]1CCN(C(=O)C2CC2)C1)c1c[nH]c2c(-c3c(OCC4CC4)ccc4c3OCO4)ncnc12. The van der Waals surface area contributed by atoms with Gasteiger partial charge in [-0.25, -0.2) is 9.97 Å². The van der Waals surface area contributed by atoms with Gasteiger partial charge in [-0.05, 0) is 50.2 Å². The largest absolute Gasteiger partial charge is 0.492 e. The first-order valence-corrected chi connectivity index (χ1v) is 12.6. The summed E-state index contributed by atoms with van der Waals surface area (Å²) in [5, 5.41) is 3.09. The Morgan fingerprint density at radius 3 is 2.86 bits per heavy atom. The minimum absolute atomic E-state index is 0.0724. The van der Waals surface area contributed by atoms with Crippen LogP contribution in [0.2, 0.25) is 0 Å². The summed E-state index contributed by atoms with van der Waals surface area (Å²) in [6, 6.07) is 3.65. The maximum absolute atomic E-state index is 13.2. The molecule has 10 nitrogen and oxygen atoms in total. The molecule has 7 rings (SSSR count). The monoisotopic (exact) mass is 489 g/mol. The van der Waals surface area contributed by atoms with E-state index in [2.05, 4.69) is 20.3 Å². The molecule has 1 aromatic carbocycles. The molecule has 3 aromatic rings. The molecule has 0 radical (unpaired) electrons. The lowest BCUT2D eigenvalue weighted by Gasteiger charge is -2.16. The molecule has 1 atom stereocenters. The third kappa shape index (κ3) is 3.81. The summed E-state index contributed by atoms with van der Waals surface area (Å²) in [5.41, 5.74) is 2.86. The van der Waals surface area contributed by atoms with Crippen LogP contribution >= 0.6 is 0 Å². The zero-order chi connectivity index (χ0) is 24.2. The Balaban J connectivity index is 1.18. The average Bonchev–Trinajstić information content (AvgIpc) is 3.76. The van der Waals surface area contributed by atoms with Gasteiger partial charge in [-0.1, -0.05) is 0 Å². The molecule has 2 aromatic heterocycles. The van der Waals surface area contributed by atoms with Crippen molar-refractivity contribution in [2.24, 2.45) is 11.8 Å². The van der Waals surface area contributed by atoms with Crippen LogP contribution in [0.5, 0.6) is 17.2 Å². The molecule has 2 aliphatic carbocycles. The summed E-state index contributed by atoms with van der Waals surface area (Å²) in [6.45, 7) is 2.01. The van der Waals surface area contributed by atoms with Crippen molar-refractivity contribution < 1.29 is 23.8 Å². The number of fused-ring (bicyclic) bond motifs is 2. The van der Waals surface area contributed by atoms with Crippen LogP contribution < -0.4 is 19.5 Å². The number of aromatic nitrogens is 3. The van der Waals surface area contributed by atoms with Gasteiger partial charge >= 0.3 is 0 Å². The molecule has 10 heteroatoms. The van der Waals surface area contributed by atoms with Gasteiger partial charge in [0.2, 0.25) is 12.7 Å². The number of nitrogens with zero attached hydrogens (tertiary/aromatic N) is 3. The summed E-state index contributed by atoms with van der Waals surface area (Å²) in [4.78, 5) is 39.6. The number of hydrogen-bond acceptors (Lipinski definition) is 7. The van der Waals surface area contributed by atoms with Crippen molar-refractivity contribution in [2.45, 2.75) is 38.1 Å². The Kier molecular flexibility index (Phi) is 5.00. The third-order valence-corrected chi connectivity index (χ3v) is 7.38. The number of carbonyl (C=O) groups is 2. The van der Waals surface area contributed by atoms with Gasteiger partial charge in [0.15, 0.2) is 11.5 Å². The predicted octanol–water partition coefficient (Wildman–Crippen LogP) is 2.88. The van der Waals surface area contributed by atoms with Crippen molar-refractivity contribution in [2.75, 3.05) is 26.5 Å². The van der Waals surface area contributed by atoms with Crippen LogP contribution in [-0.2, 0) is 4.79 Å². The topological polar surface area (TPSA) is 119 Å². The lowest BCUT2D eigenvalue weighted by atomic mass is 10.1. The molecule has 2 amide bonds. The molecule has 186 valence electrons. The van der Waals surface area contributed by atoms with E-state index in [0.717, 1.165) is 19.3 Å². The van der Waals surface area contributed by atoms with Crippen LogP contribution in [0.25, 0.3) is 22.3 Å². The molecular formula is C26H27N5O5. The normalized spacial score (nSPS) is 20.7. The maximum Gasteiger partial charge on any atom is 0.255 e. The smallest absolute Gasteiger partial charge is 0.255 e. The fourth-order valence-corrected chi connectivity index (χ4v) is 5.02. The van der Waals surface area contributed by atoms with Crippen molar-refractivity contribution in [3.8, 4) is 28.5 Å². The molecule has 0 bridgehead atoms. The van der Waals surface area contributed by atoms with Gasteiger partial charge in [0.25, 0.3) is 5.91 Å². The Bertz CT molecular complexity index is 1360. The van der Waals surface area contributed by atoms with E-state index < -0.39 is 0 Å². The highest BCUT2D eigenvalue weighted by atomic mass is 16.7. The first-order valence-electron chi connectivity index (χ1n) is 12.6. The van der Waals surface area contributed by atoms with Gasteiger partial charge in [-0.2, -0.15) is 0 Å². The molecule has 0 unspecified atom stereocenters. The summed E-state index contributed by atoms with van der Waals surface area (Å²) in [7, 11) is 0. The summed E-state index contributed by atoms with van der Waals surface area (Å²) < 4.78 is 17.6. The van der Waals surface area contributed by atoms with Crippen LogP contribution in [0.1, 0.15) is 42.5 Å². The average molecular weight is 490 g/mol. The van der Waals surface area contributed by atoms with Crippen LogP contribution in [0.3, 0.4) is 0 Å². The molecule has 4 aliphatic rings. The van der Waals surface area contributed by atoms with Crippen molar-refractivity contribution in [1.29, 1.82) is 0 Å². The summed E-state index contributed by atoms with van der Waals surface area (Å²) in [6.07, 6.45) is 8.19. The summed E-state index contributed by atoms with van der Waals surface area (Å²) in [5.74, 6) is 2.65. The Morgan fingerprint density at radius 2 is 2.03 bits per heavy atom. The highest BCUT2D eigenvalue weighted by Gasteiger charge is 2.37. The van der Waals surface area contributed by atoms with Gasteiger partial charge in [0.05, 0.1) is 23.3 Å². The highest BCUT2D eigenvalue weighted by molar-refractivity contribution is 6.08. The number of carbonyl (C=O) groups excluding carboxylic acids is 2. The Morgan fingerprint density at radius 1 is 1.14 bits per heavy atom. The molecule has 1 saturated heterocycles. The lowest BCUT2D eigenvalue weighted by Crippen LogP contribution is -2.38. The molecule has 2 N–H and O–H groups in total. The molecule has 0 spiro atoms. The van der Waals surface area contributed by atoms with Gasteiger partial charge in [-0.3, -0.25) is 9.59 Å². The second-order valence-electron chi connectivity index (χ2n) is 10.1. The fraction of sp³-hybridized carbons (Fsp3) is 0.462. The Hall–Kier alpha value is -3.82. The second-order valence-corrected chi connectivity index (χ2v) is 10.1. The number of amides is 2. The number of rotatable bonds is 7. The number of ether oxygens (including phenoxy) is 3. The van der Waals surface area contributed by atoms with Gasteiger partial charge in [0.1, 0.15) is 23.3 Å². The number of likely N-dealkylation sites (tertiary alicyclic amines) is 1. The van der Waals surface area contributed by atoms with E-state index in [1.807, 2.05) is 17.0 Å². The number of hydrogen-bond donors (Lipinski definition) is 2. The van der Waals surface area contributed by atoms with Crippen LogP contribution in [0.15, 0.2) is 24.7 Å². The van der Waals surface area contributed by atoms with E-state index in [1.165, 1.54) is 19.2 Å². The van der Waals surface area contributed by atoms with Crippen molar-refractivity contribution in [1.82, 2.24) is 25.2 Å². The van der Waals surface area contributed by atoms with Crippen LogP contribution in [0.4, 0.5) is 0 Å². The highest BCUT2D eigenvalue weighted by Crippen LogP contribution is 2.48. The van der Waals surface area contributed by atoms with Crippen LogP contribution in [-0.4, -0.2) is 64.2 Å². The second kappa shape index (κ2) is 8.39. The maximum atomic E-state index is 13.2. The first-order chi connectivity index (χ1) is 17.7. The lowest BCUT2D eigenvalue weighted by molar-refractivity contribution is -0.131. The fourth-order valence-electron chi connectivity index (χ4n) is 5.02. The standard InChI is InChI=1S/C26H27N5O5/c32-25(30-16-7-8-31(10-16)26(33)15-3-4-15)17-9-27-23-21(17)28-12-29-22(23)20-18(34-11-14-1-2-14)5-6-19-24(20)36-13-35-19/h5-6,9,12,14-16,27H,1-4,7-8,10-11,13H2,(H,30,32)/t16-/m0/s1. The molecular weight excluding hydrogens is 462 g/mol. The predicted molar refractivity (Wildman–Crippen MR) is 129 cm³/mol.